The van der Waals surface area contributed by atoms with Gasteiger partial charge in [0.1, 0.15) is 12.6 Å². The molecule has 1 aromatic rings. The van der Waals surface area contributed by atoms with Crippen molar-refractivity contribution < 1.29 is 28.6 Å². The van der Waals surface area contributed by atoms with E-state index in [2.05, 4.69) is 16.0 Å². The summed E-state index contributed by atoms with van der Waals surface area (Å²) < 4.78 is 16.5. The highest BCUT2D eigenvalue weighted by molar-refractivity contribution is 5.86. The predicted octanol–water partition coefficient (Wildman–Crippen LogP) is 1.71. The summed E-state index contributed by atoms with van der Waals surface area (Å²) >= 11 is 0. The molecule has 32 heavy (non-hydrogen) atoms. The first-order chi connectivity index (χ1) is 15.4. The minimum absolute atomic E-state index is 0.0245. The molecule has 2 saturated heterocycles. The Morgan fingerprint density at radius 1 is 1.16 bits per heavy atom. The fraction of sp³-hybridized carbons (Fsp3) is 0.609. The van der Waals surface area contributed by atoms with Gasteiger partial charge in [0.2, 0.25) is 11.8 Å². The predicted molar refractivity (Wildman–Crippen MR) is 116 cm³/mol. The maximum atomic E-state index is 13.1. The van der Waals surface area contributed by atoms with Crippen molar-refractivity contribution in [3.63, 3.8) is 0 Å². The molecule has 0 spiro atoms. The van der Waals surface area contributed by atoms with Crippen molar-refractivity contribution >= 4 is 17.9 Å². The second-order valence-electron chi connectivity index (χ2n) is 8.63. The lowest BCUT2D eigenvalue weighted by Gasteiger charge is -2.28. The first kappa shape index (κ1) is 24.0. The van der Waals surface area contributed by atoms with Crippen LogP contribution in [-0.4, -0.2) is 56.0 Å². The normalized spacial score (nSPS) is 20.6. The Balaban J connectivity index is 1.60. The molecule has 0 aliphatic carbocycles. The van der Waals surface area contributed by atoms with Crippen LogP contribution in [0.15, 0.2) is 30.3 Å². The molecule has 2 aliphatic rings. The summed E-state index contributed by atoms with van der Waals surface area (Å²) in [4.78, 5) is 37.5. The van der Waals surface area contributed by atoms with Crippen LogP contribution in [0.5, 0.6) is 0 Å². The van der Waals surface area contributed by atoms with Crippen molar-refractivity contribution in [2.24, 2.45) is 11.8 Å². The molecule has 2 aliphatic heterocycles. The highest BCUT2D eigenvalue weighted by Gasteiger charge is 2.36. The molecule has 3 amide bonds. The number of rotatable bonds is 10. The van der Waals surface area contributed by atoms with E-state index in [1.54, 1.807) is 0 Å². The number of benzene rings is 1. The lowest BCUT2D eigenvalue weighted by Crippen LogP contribution is -2.53. The number of nitrogens with one attached hydrogen (secondary N) is 3. The maximum Gasteiger partial charge on any atom is 0.408 e. The van der Waals surface area contributed by atoms with Crippen LogP contribution in [0.25, 0.3) is 0 Å². The molecule has 3 atom stereocenters. The molecule has 1 aromatic carbocycles. The van der Waals surface area contributed by atoms with Crippen LogP contribution in [0.4, 0.5) is 4.79 Å². The third-order valence-electron chi connectivity index (χ3n) is 5.53. The second-order valence-corrected chi connectivity index (χ2v) is 8.63. The third-order valence-corrected chi connectivity index (χ3v) is 5.53. The molecule has 3 N–H and O–H groups in total. The van der Waals surface area contributed by atoms with Gasteiger partial charge in [0.05, 0.1) is 19.3 Å². The average molecular weight is 448 g/mol. The van der Waals surface area contributed by atoms with Crippen molar-refractivity contribution in [1.29, 1.82) is 0 Å². The van der Waals surface area contributed by atoms with Crippen molar-refractivity contribution in [2.45, 2.75) is 58.1 Å². The van der Waals surface area contributed by atoms with Crippen molar-refractivity contribution in [2.75, 3.05) is 19.8 Å². The Kier molecular flexibility index (Phi) is 8.87. The van der Waals surface area contributed by atoms with Gasteiger partial charge in [-0.25, -0.2) is 4.79 Å². The fourth-order valence-electron chi connectivity index (χ4n) is 3.92. The molecule has 9 nitrogen and oxygen atoms in total. The number of alkyl carbamates (subject to hydrolysis) is 1. The van der Waals surface area contributed by atoms with Gasteiger partial charge >= 0.3 is 6.09 Å². The smallest absolute Gasteiger partial charge is 0.408 e. The van der Waals surface area contributed by atoms with Crippen molar-refractivity contribution in [3.05, 3.63) is 35.9 Å². The van der Waals surface area contributed by atoms with Crippen LogP contribution < -0.4 is 16.0 Å². The zero-order chi connectivity index (χ0) is 22.9. The Labute approximate surface area is 188 Å². The number of carbonyl (C=O) groups excluding carboxylic acids is 3. The number of hydrogen-bond donors (Lipinski definition) is 3. The van der Waals surface area contributed by atoms with Crippen molar-refractivity contribution in [1.82, 2.24) is 16.0 Å². The summed E-state index contributed by atoms with van der Waals surface area (Å²) in [7, 11) is 0. The van der Waals surface area contributed by atoms with Gasteiger partial charge in [0, 0.05) is 12.5 Å². The molecule has 2 fully saturated rings. The van der Waals surface area contributed by atoms with E-state index < -0.39 is 24.5 Å². The summed E-state index contributed by atoms with van der Waals surface area (Å²) in [5.41, 5.74) is 0.859. The van der Waals surface area contributed by atoms with E-state index >= 15 is 0 Å². The van der Waals surface area contributed by atoms with Gasteiger partial charge in [0.15, 0.2) is 6.29 Å². The van der Waals surface area contributed by atoms with E-state index in [0.29, 0.717) is 39.0 Å². The summed E-state index contributed by atoms with van der Waals surface area (Å²) in [6.45, 7) is 5.57. The second kappa shape index (κ2) is 11.8. The fourth-order valence-corrected chi connectivity index (χ4v) is 3.92. The first-order valence-electron chi connectivity index (χ1n) is 11.2. The van der Waals surface area contributed by atoms with Crippen LogP contribution >= 0.6 is 0 Å². The maximum absolute atomic E-state index is 13.1. The topological polar surface area (TPSA) is 115 Å². The third kappa shape index (κ3) is 7.20. The Hall–Kier alpha value is -2.65. The Morgan fingerprint density at radius 2 is 1.88 bits per heavy atom. The number of amides is 3. The highest BCUT2D eigenvalue weighted by atomic mass is 16.7. The first-order valence-corrected chi connectivity index (χ1v) is 11.2. The number of carbonyl (C=O) groups is 3. The van der Waals surface area contributed by atoms with Gasteiger partial charge in [-0.3, -0.25) is 9.59 Å². The Morgan fingerprint density at radius 3 is 2.50 bits per heavy atom. The molecular formula is C23H33N3O6. The zero-order valence-electron chi connectivity index (χ0n) is 18.7. The van der Waals surface area contributed by atoms with Crippen LogP contribution in [-0.2, 0) is 30.4 Å². The average Bonchev–Trinajstić information content (AvgIpc) is 3.44. The van der Waals surface area contributed by atoms with Crippen molar-refractivity contribution in [3.8, 4) is 0 Å². The molecule has 0 bridgehead atoms. The molecule has 0 saturated carbocycles. The van der Waals surface area contributed by atoms with Gasteiger partial charge in [-0.15, -0.1) is 0 Å². The van der Waals surface area contributed by atoms with Gasteiger partial charge in [0.25, 0.3) is 0 Å². The van der Waals surface area contributed by atoms with Crippen LogP contribution in [0.2, 0.25) is 0 Å². The molecule has 3 rings (SSSR count). The number of ether oxygens (including phenoxy) is 3. The summed E-state index contributed by atoms with van der Waals surface area (Å²) in [5, 5.41) is 8.45. The molecule has 9 heteroatoms. The van der Waals surface area contributed by atoms with Crippen LogP contribution in [0.3, 0.4) is 0 Å². The summed E-state index contributed by atoms with van der Waals surface area (Å²) in [6.07, 6.45) is 0.286. The SMILES string of the molecule is CC(C)C[C@@H](NC(=O)OCc1ccccc1)C(=O)N[C@H](CC1CCNC1=O)C1OCCO1. The molecule has 1 unspecified atom stereocenters. The summed E-state index contributed by atoms with van der Waals surface area (Å²) in [6, 6.07) is 8.06. The molecule has 2 heterocycles. The highest BCUT2D eigenvalue weighted by Crippen LogP contribution is 2.21. The molecule has 0 radical (unpaired) electrons. The van der Waals surface area contributed by atoms with E-state index in [1.165, 1.54) is 0 Å². The monoisotopic (exact) mass is 447 g/mol. The number of hydrogen-bond acceptors (Lipinski definition) is 6. The Bertz CT molecular complexity index is 766. The molecular weight excluding hydrogens is 414 g/mol. The molecule has 0 aromatic heterocycles. The van der Waals surface area contributed by atoms with Gasteiger partial charge < -0.3 is 30.2 Å². The lowest BCUT2D eigenvalue weighted by atomic mass is 9.97. The standard InChI is InChI=1S/C23H33N3O6/c1-15(2)12-18(26-23(29)32-14-16-6-4-3-5-7-16)21(28)25-19(22-30-10-11-31-22)13-17-8-9-24-20(17)27/h3-7,15,17-19,22H,8-14H2,1-2H3,(H,24,27)(H,25,28)(H,26,29)/t17?,18-,19-/m1/s1. The molecule has 176 valence electrons. The minimum Gasteiger partial charge on any atom is -0.445 e. The minimum atomic E-state index is -0.778. The van der Waals surface area contributed by atoms with E-state index in [0.717, 1.165) is 5.56 Å². The quantitative estimate of drug-likeness (QED) is 0.503. The largest absolute Gasteiger partial charge is 0.445 e. The van der Waals surface area contributed by atoms with E-state index in [9.17, 15) is 14.4 Å². The van der Waals surface area contributed by atoms with E-state index in [1.807, 2.05) is 44.2 Å². The zero-order valence-corrected chi connectivity index (χ0v) is 18.7. The van der Waals surface area contributed by atoms with Gasteiger partial charge in [-0.2, -0.15) is 0 Å². The summed E-state index contributed by atoms with van der Waals surface area (Å²) in [5.74, 6) is -0.417. The van der Waals surface area contributed by atoms with Crippen LogP contribution in [0, 0.1) is 11.8 Å². The van der Waals surface area contributed by atoms with Crippen LogP contribution in [0.1, 0.15) is 38.7 Å². The van der Waals surface area contributed by atoms with E-state index in [4.69, 9.17) is 14.2 Å². The van der Waals surface area contributed by atoms with E-state index in [-0.39, 0.29) is 30.3 Å². The lowest BCUT2D eigenvalue weighted by molar-refractivity contribution is -0.131. The van der Waals surface area contributed by atoms with Gasteiger partial charge in [-0.05, 0) is 30.7 Å². The van der Waals surface area contributed by atoms with Gasteiger partial charge in [-0.1, -0.05) is 44.2 Å².